The summed E-state index contributed by atoms with van der Waals surface area (Å²) in [7, 11) is 0. The van der Waals surface area contributed by atoms with Gasteiger partial charge in [-0.1, -0.05) is 29.8 Å². The molecule has 0 radical (unpaired) electrons. The lowest BCUT2D eigenvalue weighted by Gasteiger charge is -1.99. The van der Waals surface area contributed by atoms with Gasteiger partial charge in [0.15, 0.2) is 0 Å². The number of carbonyl (C=O) groups excluding carboxylic acids is 1. The van der Waals surface area contributed by atoms with E-state index in [1.165, 1.54) is 12.1 Å². The Morgan fingerprint density at radius 2 is 1.81 bits per heavy atom. The van der Waals surface area contributed by atoms with Crippen molar-refractivity contribution in [2.75, 3.05) is 0 Å². The van der Waals surface area contributed by atoms with Crippen molar-refractivity contribution in [2.24, 2.45) is 4.99 Å². The summed E-state index contributed by atoms with van der Waals surface area (Å²) in [5.41, 5.74) is 1.23. The number of halogens is 2. The maximum absolute atomic E-state index is 13.6. The van der Waals surface area contributed by atoms with E-state index in [-0.39, 0.29) is 11.6 Å². The summed E-state index contributed by atoms with van der Waals surface area (Å²) in [6.07, 6.45) is 1.42. The summed E-state index contributed by atoms with van der Waals surface area (Å²) < 4.78 is 13.6. The molecule has 0 spiro atoms. The summed E-state index contributed by atoms with van der Waals surface area (Å²) in [4.78, 5) is 16.1. The molecule has 1 heterocycles. The quantitative estimate of drug-likeness (QED) is 0.849. The first kappa shape index (κ1) is 13.5. The number of carbonyl (C=O) groups is 1. The zero-order valence-corrected chi connectivity index (χ0v) is 11.6. The van der Waals surface area contributed by atoms with Crippen LogP contribution in [0.3, 0.4) is 0 Å². The Morgan fingerprint density at radius 1 is 1.10 bits per heavy atom. The summed E-state index contributed by atoms with van der Waals surface area (Å²) >= 11 is 5.82. The highest BCUT2D eigenvalue weighted by molar-refractivity contribution is 6.30. The standard InChI is InChI=1S/C16H10ClFN2O/c17-12-7-5-10(6-8-12)15-19-14(16(21)20-15)9-11-3-1-2-4-13(11)18/h1-9H,(H,19,20,21). The first-order chi connectivity index (χ1) is 10.1. The number of aliphatic imine (C=N–C) groups is 1. The van der Waals surface area contributed by atoms with Crippen LogP contribution in [0.15, 0.2) is 59.2 Å². The van der Waals surface area contributed by atoms with E-state index < -0.39 is 5.82 Å². The molecule has 104 valence electrons. The summed E-state index contributed by atoms with van der Waals surface area (Å²) in [5, 5.41) is 3.26. The van der Waals surface area contributed by atoms with Crippen LogP contribution in [-0.4, -0.2) is 11.7 Å². The Hall–Kier alpha value is -2.46. The monoisotopic (exact) mass is 300 g/mol. The third-order valence-electron chi connectivity index (χ3n) is 3.01. The maximum atomic E-state index is 13.6. The van der Waals surface area contributed by atoms with Gasteiger partial charge < -0.3 is 5.32 Å². The van der Waals surface area contributed by atoms with E-state index in [2.05, 4.69) is 10.3 Å². The minimum atomic E-state index is -0.395. The van der Waals surface area contributed by atoms with Crippen molar-refractivity contribution in [2.45, 2.75) is 0 Å². The average Bonchev–Trinajstić information content (AvgIpc) is 2.83. The molecule has 21 heavy (non-hydrogen) atoms. The van der Waals surface area contributed by atoms with Gasteiger partial charge in [0.25, 0.3) is 5.91 Å². The van der Waals surface area contributed by atoms with Gasteiger partial charge in [0.05, 0.1) is 0 Å². The van der Waals surface area contributed by atoms with E-state index in [4.69, 9.17) is 11.6 Å². The van der Waals surface area contributed by atoms with Crippen molar-refractivity contribution in [3.63, 3.8) is 0 Å². The van der Waals surface area contributed by atoms with Crippen molar-refractivity contribution in [1.29, 1.82) is 0 Å². The number of hydrogen-bond donors (Lipinski definition) is 1. The van der Waals surface area contributed by atoms with Crippen LogP contribution in [-0.2, 0) is 4.79 Å². The van der Waals surface area contributed by atoms with E-state index in [1.54, 1.807) is 42.5 Å². The van der Waals surface area contributed by atoms with Gasteiger partial charge in [-0.05, 0) is 36.4 Å². The van der Waals surface area contributed by atoms with Crippen LogP contribution in [0.2, 0.25) is 5.02 Å². The molecule has 0 saturated heterocycles. The van der Waals surface area contributed by atoms with Crippen LogP contribution in [0.4, 0.5) is 4.39 Å². The highest BCUT2D eigenvalue weighted by Gasteiger charge is 2.21. The van der Waals surface area contributed by atoms with Crippen molar-refractivity contribution < 1.29 is 9.18 Å². The fourth-order valence-corrected chi connectivity index (χ4v) is 2.08. The Kier molecular flexibility index (Phi) is 3.54. The number of nitrogens with zero attached hydrogens (tertiary/aromatic N) is 1. The Balaban J connectivity index is 1.96. The first-order valence-electron chi connectivity index (χ1n) is 6.26. The van der Waals surface area contributed by atoms with Crippen LogP contribution >= 0.6 is 11.6 Å². The number of benzene rings is 2. The number of hydrogen-bond acceptors (Lipinski definition) is 2. The molecule has 1 aliphatic heterocycles. The molecule has 0 fully saturated rings. The van der Waals surface area contributed by atoms with Crippen LogP contribution in [0, 0.1) is 5.82 Å². The van der Waals surface area contributed by atoms with Gasteiger partial charge in [0, 0.05) is 16.1 Å². The van der Waals surface area contributed by atoms with Gasteiger partial charge in [0.2, 0.25) is 0 Å². The number of amides is 1. The Morgan fingerprint density at radius 3 is 2.52 bits per heavy atom. The van der Waals surface area contributed by atoms with Crippen LogP contribution < -0.4 is 5.32 Å². The second-order valence-corrected chi connectivity index (χ2v) is 4.91. The highest BCUT2D eigenvalue weighted by atomic mass is 35.5. The lowest BCUT2D eigenvalue weighted by Crippen LogP contribution is -2.24. The number of rotatable bonds is 2. The van der Waals surface area contributed by atoms with Gasteiger partial charge in [0.1, 0.15) is 17.3 Å². The van der Waals surface area contributed by atoms with Crippen LogP contribution in [0.1, 0.15) is 11.1 Å². The van der Waals surface area contributed by atoms with Crippen molar-refractivity contribution >= 4 is 29.4 Å². The fourth-order valence-electron chi connectivity index (χ4n) is 1.95. The first-order valence-corrected chi connectivity index (χ1v) is 6.63. The molecule has 5 heteroatoms. The Labute approximate surface area is 125 Å². The third kappa shape index (κ3) is 2.85. The SMILES string of the molecule is O=C1NC(c2ccc(Cl)cc2)=NC1=Cc1ccccc1F. The molecule has 0 aliphatic carbocycles. The lowest BCUT2D eigenvalue weighted by molar-refractivity contribution is -0.115. The topological polar surface area (TPSA) is 41.5 Å². The number of nitrogens with one attached hydrogen (secondary N) is 1. The van der Waals surface area contributed by atoms with E-state index in [9.17, 15) is 9.18 Å². The second-order valence-electron chi connectivity index (χ2n) is 4.47. The molecule has 2 aromatic carbocycles. The zero-order valence-electron chi connectivity index (χ0n) is 10.8. The van der Waals surface area contributed by atoms with Crippen molar-refractivity contribution in [1.82, 2.24) is 5.32 Å². The predicted molar refractivity (Wildman–Crippen MR) is 80.5 cm³/mol. The van der Waals surface area contributed by atoms with E-state index in [1.807, 2.05) is 0 Å². The summed E-state index contributed by atoms with van der Waals surface area (Å²) in [6, 6.07) is 13.2. The molecule has 0 bridgehead atoms. The molecule has 0 atom stereocenters. The minimum Gasteiger partial charge on any atom is -0.305 e. The van der Waals surface area contributed by atoms with E-state index >= 15 is 0 Å². The lowest BCUT2D eigenvalue weighted by atomic mass is 10.2. The molecular formula is C16H10ClFN2O. The molecule has 2 aromatic rings. The van der Waals surface area contributed by atoms with Crippen molar-refractivity contribution in [3.8, 4) is 0 Å². The number of amidine groups is 1. The Bertz CT molecular complexity index is 766. The average molecular weight is 301 g/mol. The molecule has 1 N–H and O–H groups in total. The molecular weight excluding hydrogens is 291 g/mol. The molecule has 0 aromatic heterocycles. The largest absolute Gasteiger partial charge is 0.305 e. The molecule has 1 aliphatic rings. The molecule has 0 unspecified atom stereocenters. The van der Waals surface area contributed by atoms with Gasteiger partial charge in [-0.15, -0.1) is 0 Å². The second kappa shape index (κ2) is 5.50. The van der Waals surface area contributed by atoms with Crippen LogP contribution in [0.5, 0.6) is 0 Å². The molecule has 1 amide bonds. The van der Waals surface area contributed by atoms with Gasteiger partial charge >= 0.3 is 0 Å². The molecule has 3 nitrogen and oxygen atoms in total. The van der Waals surface area contributed by atoms with Gasteiger partial charge in [-0.2, -0.15) is 0 Å². The third-order valence-corrected chi connectivity index (χ3v) is 3.26. The summed E-state index contributed by atoms with van der Waals surface area (Å²) in [5.74, 6) is -0.324. The van der Waals surface area contributed by atoms with E-state index in [0.29, 0.717) is 16.4 Å². The minimum absolute atomic E-state index is 0.171. The maximum Gasteiger partial charge on any atom is 0.275 e. The van der Waals surface area contributed by atoms with Gasteiger partial charge in [-0.3, -0.25) is 4.79 Å². The predicted octanol–water partition coefficient (Wildman–Crippen LogP) is 3.40. The smallest absolute Gasteiger partial charge is 0.275 e. The molecule has 3 rings (SSSR count). The zero-order chi connectivity index (χ0) is 14.8. The van der Waals surface area contributed by atoms with Gasteiger partial charge in [-0.25, -0.2) is 9.38 Å². The highest BCUT2D eigenvalue weighted by Crippen LogP contribution is 2.18. The normalized spacial score (nSPS) is 16.0. The van der Waals surface area contributed by atoms with Crippen molar-refractivity contribution in [3.05, 3.63) is 76.2 Å². The van der Waals surface area contributed by atoms with Crippen LogP contribution in [0.25, 0.3) is 6.08 Å². The van der Waals surface area contributed by atoms with E-state index in [0.717, 1.165) is 5.56 Å². The summed E-state index contributed by atoms with van der Waals surface area (Å²) in [6.45, 7) is 0. The molecule has 0 saturated carbocycles. The fraction of sp³-hybridized carbons (Fsp3) is 0.